The Morgan fingerprint density at radius 1 is 1.35 bits per heavy atom. The Bertz CT molecular complexity index is 742. The Kier molecular flexibility index (Phi) is 4.07. The van der Waals surface area contributed by atoms with E-state index < -0.39 is 27.3 Å². The third-order valence-electron chi connectivity index (χ3n) is 2.62. The van der Waals surface area contributed by atoms with Gasteiger partial charge in [-0.1, -0.05) is 0 Å². The molecule has 0 aliphatic rings. The Morgan fingerprint density at radius 3 is 2.70 bits per heavy atom. The van der Waals surface area contributed by atoms with Crippen LogP contribution in [0, 0.1) is 18.6 Å². The Labute approximate surface area is 119 Å². The Morgan fingerprint density at radius 2 is 2.05 bits per heavy atom. The third-order valence-corrected chi connectivity index (χ3v) is 5.47. The summed E-state index contributed by atoms with van der Waals surface area (Å²) in [6, 6.07) is 2.56. The van der Waals surface area contributed by atoms with Crippen LogP contribution in [0.4, 0.5) is 14.5 Å². The third kappa shape index (κ3) is 2.82. The van der Waals surface area contributed by atoms with Crippen LogP contribution in [-0.2, 0) is 16.6 Å². The number of aryl methyl sites for hydroxylation is 1. The average Bonchev–Trinajstić information content (AvgIpc) is 2.75. The van der Waals surface area contributed by atoms with Gasteiger partial charge < -0.3 is 5.73 Å². The van der Waals surface area contributed by atoms with Gasteiger partial charge in [-0.2, -0.15) is 0 Å². The van der Waals surface area contributed by atoms with Gasteiger partial charge in [-0.15, -0.1) is 11.3 Å². The molecule has 0 radical (unpaired) electrons. The molecule has 0 aliphatic heterocycles. The number of anilines is 1. The van der Waals surface area contributed by atoms with E-state index in [4.69, 9.17) is 5.73 Å². The summed E-state index contributed by atoms with van der Waals surface area (Å²) in [6.45, 7) is 1.67. The molecule has 0 unspecified atom stereocenters. The predicted molar refractivity (Wildman–Crippen MR) is 74.1 cm³/mol. The summed E-state index contributed by atoms with van der Waals surface area (Å²) in [5, 5.41) is 1.65. The van der Waals surface area contributed by atoms with Crippen LogP contribution < -0.4 is 10.5 Å². The number of nitrogens with one attached hydrogen (secondary N) is 1. The fourth-order valence-electron chi connectivity index (χ4n) is 1.76. The molecule has 0 amide bonds. The van der Waals surface area contributed by atoms with E-state index in [2.05, 4.69) is 4.72 Å². The maximum Gasteiger partial charge on any atom is 0.263 e. The number of thiophene rings is 1. The monoisotopic (exact) mass is 318 g/mol. The van der Waals surface area contributed by atoms with E-state index in [0.29, 0.717) is 10.4 Å². The minimum atomic E-state index is -4.01. The SMILES string of the molecule is Cc1csc(CN)c1S(=O)(=O)Nc1cc(F)ccc1F. The molecule has 0 atom stereocenters. The molecule has 4 nitrogen and oxygen atoms in total. The molecule has 2 aromatic rings. The lowest BCUT2D eigenvalue weighted by atomic mass is 10.3. The summed E-state index contributed by atoms with van der Waals surface area (Å²) in [6.07, 6.45) is 0. The lowest BCUT2D eigenvalue weighted by Crippen LogP contribution is -2.16. The number of benzene rings is 1. The number of rotatable bonds is 4. The number of hydrogen-bond donors (Lipinski definition) is 2. The van der Waals surface area contributed by atoms with Crippen molar-refractivity contribution in [3.8, 4) is 0 Å². The second-order valence-corrected chi connectivity index (χ2v) is 6.69. The maximum absolute atomic E-state index is 13.5. The van der Waals surface area contributed by atoms with Gasteiger partial charge in [-0.3, -0.25) is 4.72 Å². The van der Waals surface area contributed by atoms with Gasteiger partial charge in [0.2, 0.25) is 0 Å². The largest absolute Gasteiger partial charge is 0.326 e. The van der Waals surface area contributed by atoms with Gasteiger partial charge >= 0.3 is 0 Å². The highest BCUT2D eigenvalue weighted by Gasteiger charge is 2.23. The Balaban J connectivity index is 2.46. The summed E-state index contributed by atoms with van der Waals surface area (Å²) in [5.74, 6) is -1.58. The molecule has 1 heterocycles. The van der Waals surface area contributed by atoms with E-state index in [9.17, 15) is 17.2 Å². The lowest BCUT2D eigenvalue weighted by molar-refractivity contribution is 0.593. The molecule has 20 heavy (non-hydrogen) atoms. The van der Waals surface area contributed by atoms with Crippen molar-refractivity contribution in [3.05, 3.63) is 45.7 Å². The molecule has 1 aromatic carbocycles. The fourth-order valence-corrected chi connectivity index (χ4v) is 4.52. The summed E-state index contributed by atoms with van der Waals surface area (Å²) in [4.78, 5) is 0.487. The van der Waals surface area contributed by atoms with Crippen molar-refractivity contribution in [1.29, 1.82) is 0 Å². The molecule has 0 aliphatic carbocycles. The van der Waals surface area contributed by atoms with Crippen molar-refractivity contribution >= 4 is 27.0 Å². The standard InChI is InChI=1S/C12H12F2N2O2S2/c1-7-6-19-11(5-15)12(7)20(17,18)16-10-4-8(13)2-3-9(10)14/h2-4,6,16H,5,15H2,1H3. The first-order valence-electron chi connectivity index (χ1n) is 5.60. The molecule has 1 aromatic heterocycles. The molecule has 0 spiro atoms. The van der Waals surface area contributed by atoms with E-state index in [1.54, 1.807) is 12.3 Å². The minimum Gasteiger partial charge on any atom is -0.326 e. The van der Waals surface area contributed by atoms with Gasteiger partial charge in [-0.05, 0) is 30.0 Å². The van der Waals surface area contributed by atoms with Crippen LogP contribution in [0.25, 0.3) is 0 Å². The second kappa shape index (κ2) is 5.47. The molecular weight excluding hydrogens is 306 g/mol. The summed E-state index contributed by atoms with van der Waals surface area (Å²) in [5.41, 5.74) is 5.57. The number of hydrogen-bond acceptors (Lipinski definition) is 4. The minimum absolute atomic E-state index is 0.0219. The summed E-state index contributed by atoms with van der Waals surface area (Å²) < 4.78 is 53.2. The molecule has 0 saturated heterocycles. The zero-order valence-corrected chi connectivity index (χ0v) is 12.1. The highest BCUT2D eigenvalue weighted by molar-refractivity contribution is 7.93. The van der Waals surface area contributed by atoms with Crippen molar-refractivity contribution < 1.29 is 17.2 Å². The highest BCUT2D eigenvalue weighted by Crippen LogP contribution is 2.29. The normalized spacial score (nSPS) is 11.6. The van der Waals surface area contributed by atoms with Crippen molar-refractivity contribution in [2.24, 2.45) is 5.73 Å². The molecule has 0 bridgehead atoms. The quantitative estimate of drug-likeness (QED) is 0.910. The van der Waals surface area contributed by atoms with Gasteiger partial charge in [-0.25, -0.2) is 17.2 Å². The van der Waals surface area contributed by atoms with Gasteiger partial charge in [0, 0.05) is 17.5 Å². The summed E-state index contributed by atoms with van der Waals surface area (Å²) >= 11 is 1.21. The molecule has 3 N–H and O–H groups in total. The first-order valence-corrected chi connectivity index (χ1v) is 7.96. The van der Waals surface area contributed by atoms with E-state index in [-0.39, 0.29) is 11.4 Å². The average molecular weight is 318 g/mol. The van der Waals surface area contributed by atoms with E-state index >= 15 is 0 Å². The van der Waals surface area contributed by atoms with E-state index in [0.717, 1.165) is 18.2 Å². The molecule has 108 valence electrons. The van der Waals surface area contributed by atoms with Crippen LogP contribution in [0.5, 0.6) is 0 Å². The van der Waals surface area contributed by atoms with Crippen molar-refractivity contribution in [2.75, 3.05) is 4.72 Å². The molecule has 0 fully saturated rings. The van der Waals surface area contributed by atoms with Gasteiger partial charge in [0.15, 0.2) is 0 Å². The number of nitrogens with two attached hydrogens (primary N) is 1. The van der Waals surface area contributed by atoms with Crippen LogP contribution in [0.3, 0.4) is 0 Å². The fraction of sp³-hybridized carbons (Fsp3) is 0.167. The lowest BCUT2D eigenvalue weighted by Gasteiger charge is -2.10. The van der Waals surface area contributed by atoms with E-state index in [1.807, 2.05) is 0 Å². The zero-order valence-electron chi connectivity index (χ0n) is 10.5. The van der Waals surface area contributed by atoms with Crippen molar-refractivity contribution in [2.45, 2.75) is 18.4 Å². The van der Waals surface area contributed by atoms with Gasteiger partial charge in [0.05, 0.1) is 5.69 Å². The first kappa shape index (κ1) is 14.9. The number of sulfonamides is 1. The predicted octanol–water partition coefficient (Wildman–Crippen LogP) is 2.59. The second-order valence-electron chi connectivity index (χ2n) is 4.10. The van der Waals surface area contributed by atoms with Crippen LogP contribution in [0.1, 0.15) is 10.4 Å². The van der Waals surface area contributed by atoms with Crippen molar-refractivity contribution in [3.63, 3.8) is 0 Å². The van der Waals surface area contributed by atoms with Crippen LogP contribution in [-0.4, -0.2) is 8.42 Å². The number of halogens is 2. The topological polar surface area (TPSA) is 72.2 Å². The summed E-state index contributed by atoms with van der Waals surface area (Å²) in [7, 11) is -4.01. The van der Waals surface area contributed by atoms with E-state index in [1.165, 1.54) is 11.3 Å². The molecular formula is C12H12F2N2O2S2. The highest BCUT2D eigenvalue weighted by atomic mass is 32.2. The maximum atomic E-state index is 13.5. The van der Waals surface area contributed by atoms with Crippen LogP contribution in [0.15, 0.2) is 28.5 Å². The van der Waals surface area contributed by atoms with Crippen LogP contribution in [0.2, 0.25) is 0 Å². The first-order chi connectivity index (χ1) is 9.35. The molecule has 8 heteroatoms. The smallest absolute Gasteiger partial charge is 0.263 e. The molecule has 2 rings (SSSR count). The van der Waals surface area contributed by atoms with Gasteiger partial charge in [0.25, 0.3) is 10.0 Å². The zero-order chi connectivity index (χ0) is 14.9. The van der Waals surface area contributed by atoms with Crippen molar-refractivity contribution in [1.82, 2.24) is 0 Å². The molecule has 0 saturated carbocycles. The van der Waals surface area contributed by atoms with Crippen LogP contribution >= 0.6 is 11.3 Å². The van der Waals surface area contributed by atoms with Gasteiger partial charge in [0.1, 0.15) is 16.5 Å². The Hall–Kier alpha value is -1.51.